The first-order valence-electron chi connectivity index (χ1n) is 6.55. The van der Waals surface area contributed by atoms with Gasteiger partial charge in [0.05, 0.1) is 13.4 Å². The second kappa shape index (κ2) is 7.40. The summed E-state index contributed by atoms with van der Waals surface area (Å²) in [7, 11) is 1.60. The van der Waals surface area contributed by atoms with Crippen LogP contribution in [0.5, 0.6) is 5.88 Å². The topological polar surface area (TPSA) is 60.2 Å². The van der Waals surface area contributed by atoms with Crippen molar-refractivity contribution < 1.29 is 9.15 Å². The first kappa shape index (κ1) is 15.0. The monoisotopic (exact) mass is 339 g/mol. The number of hydrogen-bond donors (Lipinski definition) is 1. The van der Waals surface area contributed by atoms with Crippen LogP contribution in [0.1, 0.15) is 30.6 Å². The van der Waals surface area contributed by atoms with Crippen LogP contribution in [0, 0.1) is 0 Å². The maximum absolute atomic E-state index is 5.33. The predicted molar refractivity (Wildman–Crippen MR) is 79.7 cm³/mol. The van der Waals surface area contributed by atoms with Crippen molar-refractivity contribution in [2.24, 2.45) is 0 Å². The molecule has 0 aliphatic heterocycles. The highest BCUT2D eigenvalue weighted by Crippen LogP contribution is 2.27. The Labute approximate surface area is 126 Å². The number of rotatable bonds is 7. The first-order chi connectivity index (χ1) is 9.74. The molecule has 1 unspecified atom stereocenters. The van der Waals surface area contributed by atoms with Crippen molar-refractivity contribution in [3.63, 3.8) is 0 Å². The Morgan fingerprint density at radius 2 is 2.30 bits per heavy atom. The predicted octanol–water partition coefficient (Wildman–Crippen LogP) is 3.12. The fourth-order valence-electron chi connectivity index (χ4n) is 1.97. The Morgan fingerprint density at radius 3 is 2.95 bits per heavy atom. The maximum atomic E-state index is 5.33. The molecule has 5 nitrogen and oxygen atoms in total. The smallest absolute Gasteiger partial charge is 0.216 e. The van der Waals surface area contributed by atoms with Gasteiger partial charge in [0.1, 0.15) is 6.33 Å². The van der Waals surface area contributed by atoms with Crippen molar-refractivity contribution in [1.29, 1.82) is 0 Å². The third kappa shape index (κ3) is 3.80. The molecule has 0 aliphatic rings. The van der Waals surface area contributed by atoms with Gasteiger partial charge in [-0.3, -0.25) is 0 Å². The minimum atomic E-state index is 0.141. The van der Waals surface area contributed by atoms with E-state index in [-0.39, 0.29) is 6.04 Å². The third-order valence-electron chi connectivity index (χ3n) is 2.98. The molecule has 0 aliphatic carbocycles. The van der Waals surface area contributed by atoms with Crippen molar-refractivity contribution in [2.45, 2.75) is 25.8 Å². The van der Waals surface area contributed by atoms with Crippen LogP contribution >= 0.6 is 15.9 Å². The lowest BCUT2D eigenvalue weighted by atomic mass is 10.0. The van der Waals surface area contributed by atoms with Crippen LogP contribution in [0.25, 0.3) is 0 Å². The largest absolute Gasteiger partial charge is 0.481 e. The summed E-state index contributed by atoms with van der Waals surface area (Å²) in [6.07, 6.45) is 5.02. The SMILES string of the molecule is CCCNC(Cc1cc(OC)ncn1)c1ccoc1Br. The molecule has 1 atom stereocenters. The van der Waals surface area contributed by atoms with E-state index in [9.17, 15) is 0 Å². The van der Waals surface area contributed by atoms with Gasteiger partial charge < -0.3 is 14.5 Å². The Kier molecular flexibility index (Phi) is 5.55. The van der Waals surface area contributed by atoms with Crippen LogP contribution in [0.2, 0.25) is 0 Å². The molecule has 2 aromatic rings. The second-order valence-electron chi connectivity index (χ2n) is 4.41. The summed E-state index contributed by atoms with van der Waals surface area (Å²) in [5.74, 6) is 0.579. The van der Waals surface area contributed by atoms with Crippen molar-refractivity contribution in [3.8, 4) is 5.88 Å². The summed E-state index contributed by atoms with van der Waals surface area (Å²) < 4.78 is 11.2. The second-order valence-corrected chi connectivity index (χ2v) is 5.13. The van der Waals surface area contributed by atoms with Gasteiger partial charge in [0.25, 0.3) is 0 Å². The van der Waals surface area contributed by atoms with Gasteiger partial charge in [-0.2, -0.15) is 0 Å². The Bertz CT molecular complexity index is 545. The molecule has 0 aromatic carbocycles. The van der Waals surface area contributed by atoms with E-state index in [2.05, 4.69) is 38.1 Å². The Balaban J connectivity index is 2.17. The average Bonchev–Trinajstić information content (AvgIpc) is 2.90. The molecule has 0 spiro atoms. The highest BCUT2D eigenvalue weighted by Gasteiger charge is 2.17. The average molecular weight is 340 g/mol. The zero-order valence-electron chi connectivity index (χ0n) is 11.6. The lowest BCUT2D eigenvalue weighted by molar-refractivity contribution is 0.395. The zero-order valence-corrected chi connectivity index (χ0v) is 13.2. The summed E-state index contributed by atoms with van der Waals surface area (Å²) in [6, 6.07) is 3.97. The highest BCUT2D eigenvalue weighted by atomic mass is 79.9. The molecular weight excluding hydrogens is 322 g/mol. The summed E-state index contributed by atoms with van der Waals surface area (Å²) in [6.45, 7) is 3.08. The fraction of sp³-hybridized carbons (Fsp3) is 0.429. The number of hydrogen-bond acceptors (Lipinski definition) is 5. The fourth-order valence-corrected chi connectivity index (χ4v) is 2.49. The van der Waals surface area contributed by atoms with E-state index in [0.717, 1.165) is 35.3 Å². The molecule has 2 aromatic heterocycles. The van der Waals surface area contributed by atoms with E-state index in [1.165, 1.54) is 6.33 Å². The molecule has 0 fully saturated rings. The maximum Gasteiger partial charge on any atom is 0.216 e. The summed E-state index contributed by atoms with van der Waals surface area (Å²) in [5, 5.41) is 3.51. The van der Waals surface area contributed by atoms with Crippen molar-refractivity contribution in [2.75, 3.05) is 13.7 Å². The van der Waals surface area contributed by atoms with Gasteiger partial charge >= 0.3 is 0 Å². The van der Waals surface area contributed by atoms with Crippen LogP contribution in [-0.4, -0.2) is 23.6 Å². The number of halogens is 1. The normalized spacial score (nSPS) is 12.3. The Morgan fingerprint density at radius 1 is 1.45 bits per heavy atom. The number of ether oxygens (including phenoxy) is 1. The number of nitrogens with one attached hydrogen (secondary N) is 1. The minimum Gasteiger partial charge on any atom is -0.481 e. The quantitative estimate of drug-likeness (QED) is 0.839. The van der Waals surface area contributed by atoms with Gasteiger partial charge in [-0.15, -0.1) is 0 Å². The van der Waals surface area contributed by atoms with E-state index in [1.54, 1.807) is 13.4 Å². The van der Waals surface area contributed by atoms with Gasteiger partial charge in [0.15, 0.2) is 4.67 Å². The molecule has 0 radical (unpaired) electrons. The highest BCUT2D eigenvalue weighted by molar-refractivity contribution is 9.10. The van der Waals surface area contributed by atoms with Crippen molar-refractivity contribution in [1.82, 2.24) is 15.3 Å². The van der Waals surface area contributed by atoms with Gasteiger partial charge in [-0.1, -0.05) is 6.92 Å². The molecule has 0 saturated heterocycles. The van der Waals surface area contributed by atoms with E-state index in [0.29, 0.717) is 5.88 Å². The number of methoxy groups -OCH3 is 1. The van der Waals surface area contributed by atoms with Crippen molar-refractivity contribution in [3.05, 3.63) is 40.7 Å². The molecule has 108 valence electrons. The Hall–Kier alpha value is -1.40. The van der Waals surface area contributed by atoms with Gasteiger partial charge in [0.2, 0.25) is 5.88 Å². The summed E-state index contributed by atoms with van der Waals surface area (Å²) >= 11 is 3.44. The number of furan rings is 1. The molecule has 0 bridgehead atoms. The van der Waals surface area contributed by atoms with Gasteiger partial charge in [0, 0.05) is 29.8 Å². The van der Waals surface area contributed by atoms with Crippen LogP contribution < -0.4 is 10.1 Å². The van der Waals surface area contributed by atoms with Crippen LogP contribution in [0.3, 0.4) is 0 Å². The molecule has 2 heterocycles. The molecule has 0 saturated carbocycles. The molecule has 2 rings (SSSR count). The third-order valence-corrected chi connectivity index (χ3v) is 3.63. The summed E-state index contributed by atoms with van der Waals surface area (Å²) in [5.41, 5.74) is 2.02. The molecule has 20 heavy (non-hydrogen) atoms. The van der Waals surface area contributed by atoms with Gasteiger partial charge in [-0.25, -0.2) is 9.97 Å². The molecule has 1 N–H and O–H groups in total. The van der Waals surface area contributed by atoms with E-state index >= 15 is 0 Å². The van der Waals surface area contributed by atoms with Gasteiger partial charge in [-0.05, 0) is 35.0 Å². The molecule has 6 heteroatoms. The molecule has 0 amide bonds. The van der Waals surface area contributed by atoms with Crippen LogP contribution in [0.15, 0.2) is 33.8 Å². The first-order valence-corrected chi connectivity index (χ1v) is 7.35. The van der Waals surface area contributed by atoms with E-state index in [4.69, 9.17) is 9.15 Å². The molecular formula is C14H18BrN3O2. The number of aromatic nitrogens is 2. The van der Waals surface area contributed by atoms with Crippen LogP contribution in [-0.2, 0) is 6.42 Å². The lowest BCUT2D eigenvalue weighted by Crippen LogP contribution is -2.24. The zero-order chi connectivity index (χ0) is 14.4. The van der Waals surface area contributed by atoms with E-state index in [1.807, 2.05) is 12.1 Å². The minimum absolute atomic E-state index is 0.141. The van der Waals surface area contributed by atoms with E-state index < -0.39 is 0 Å². The van der Waals surface area contributed by atoms with Crippen molar-refractivity contribution >= 4 is 15.9 Å². The van der Waals surface area contributed by atoms with Crippen LogP contribution in [0.4, 0.5) is 0 Å². The lowest BCUT2D eigenvalue weighted by Gasteiger charge is -2.17. The standard InChI is InChI=1S/C14H18BrN3O2/c1-3-5-16-12(11-4-6-20-14(11)15)7-10-8-13(19-2)18-9-17-10/h4,6,8-9,12,16H,3,5,7H2,1-2H3. The number of nitrogens with zero attached hydrogens (tertiary/aromatic N) is 2. The summed E-state index contributed by atoms with van der Waals surface area (Å²) in [4.78, 5) is 8.32.